The molecular weight excluding hydrogens is 208 g/mol. The van der Waals surface area contributed by atoms with Gasteiger partial charge in [0.1, 0.15) is 0 Å². The summed E-state index contributed by atoms with van der Waals surface area (Å²) in [5.41, 5.74) is 1.12. The highest BCUT2D eigenvalue weighted by molar-refractivity contribution is 8.01. The Kier molecular flexibility index (Phi) is 2.65. The van der Waals surface area contributed by atoms with E-state index in [1.165, 1.54) is 5.37 Å². The number of carbonyl (C=O) groups is 1. The lowest BCUT2D eigenvalue weighted by Crippen LogP contribution is -2.26. The standard InChI is InChI=1S/C12H14O2S/c1-15(14)8-11(7-12(13)9-15)10-5-3-2-4-6-10/h2-6,9,11H,7-8H2,1H3/t11-,15?/m1/s1. The number of hydrogen-bond donors (Lipinski definition) is 0. The predicted octanol–water partition coefficient (Wildman–Crippen LogP) is 1.46. The van der Waals surface area contributed by atoms with Crippen LogP contribution in [-0.4, -0.2) is 27.4 Å². The second-order valence-corrected chi connectivity index (χ2v) is 6.85. The Morgan fingerprint density at radius 2 is 1.93 bits per heavy atom. The van der Waals surface area contributed by atoms with Gasteiger partial charge in [-0.05, 0) is 15.1 Å². The second kappa shape index (κ2) is 3.81. The van der Waals surface area contributed by atoms with Gasteiger partial charge in [0.2, 0.25) is 0 Å². The van der Waals surface area contributed by atoms with E-state index in [-0.39, 0.29) is 11.7 Å². The van der Waals surface area contributed by atoms with Crippen LogP contribution in [0.25, 0.3) is 0 Å². The fourth-order valence-corrected chi connectivity index (χ4v) is 3.87. The molecule has 15 heavy (non-hydrogen) atoms. The van der Waals surface area contributed by atoms with E-state index < -0.39 is 9.52 Å². The van der Waals surface area contributed by atoms with Crippen molar-refractivity contribution < 1.29 is 9.00 Å². The van der Waals surface area contributed by atoms with Gasteiger partial charge in [0, 0.05) is 29.7 Å². The van der Waals surface area contributed by atoms with Crippen LogP contribution in [0.4, 0.5) is 0 Å². The molecule has 1 aliphatic rings. The van der Waals surface area contributed by atoms with E-state index in [9.17, 15) is 9.00 Å². The van der Waals surface area contributed by atoms with Crippen molar-refractivity contribution in [3.8, 4) is 0 Å². The van der Waals surface area contributed by atoms with Crippen LogP contribution in [0.5, 0.6) is 0 Å². The summed E-state index contributed by atoms with van der Waals surface area (Å²) in [5, 5.41) is 1.41. The highest BCUT2D eigenvalue weighted by Crippen LogP contribution is 2.24. The summed E-state index contributed by atoms with van der Waals surface area (Å²) in [6.45, 7) is 0. The third kappa shape index (κ3) is 2.48. The number of Topliss-reactive ketones (excluding diaryl/α,β-unsaturated/α-hetero) is 1. The summed E-state index contributed by atoms with van der Waals surface area (Å²) >= 11 is 0. The Labute approximate surface area is 90.3 Å². The zero-order valence-corrected chi connectivity index (χ0v) is 9.50. The van der Waals surface area contributed by atoms with Crippen LogP contribution in [0.3, 0.4) is 0 Å². The summed E-state index contributed by atoms with van der Waals surface area (Å²) in [6, 6.07) is 9.85. The van der Waals surface area contributed by atoms with E-state index in [0.29, 0.717) is 12.2 Å². The Morgan fingerprint density at radius 1 is 1.27 bits per heavy atom. The number of hydrogen-bond acceptors (Lipinski definition) is 2. The van der Waals surface area contributed by atoms with E-state index >= 15 is 0 Å². The van der Waals surface area contributed by atoms with Gasteiger partial charge in [0.05, 0.1) is 0 Å². The minimum Gasteiger partial charge on any atom is -0.294 e. The summed E-state index contributed by atoms with van der Waals surface area (Å²) in [4.78, 5) is 11.4. The summed E-state index contributed by atoms with van der Waals surface area (Å²) in [6.07, 6.45) is 2.16. The molecule has 80 valence electrons. The lowest BCUT2D eigenvalue weighted by Gasteiger charge is -2.21. The smallest absolute Gasteiger partial charge is 0.164 e. The minimum absolute atomic E-state index is 0.0163. The molecule has 0 saturated heterocycles. The molecule has 0 fully saturated rings. The largest absolute Gasteiger partial charge is 0.294 e. The number of ketones is 1. The molecule has 1 aromatic carbocycles. The Bertz CT molecular complexity index is 482. The minimum atomic E-state index is -2.05. The first-order valence-electron chi connectivity index (χ1n) is 4.96. The molecule has 1 heterocycles. The van der Waals surface area contributed by atoms with Crippen molar-refractivity contribution in [2.24, 2.45) is 0 Å². The maximum Gasteiger partial charge on any atom is 0.164 e. The van der Waals surface area contributed by atoms with E-state index in [1.807, 2.05) is 30.3 Å². The van der Waals surface area contributed by atoms with Crippen LogP contribution < -0.4 is 0 Å². The average Bonchev–Trinajstić information content (AvgIpc) is 2.16. The van der Waals surface area contributed by atoms with Gasteiger partial charge >= 0.3 is 0 Å². The quantitative estimate of drug-likeness (QED) is 0.674. The van der Waals surface area contributed by atoms with Gasteiger partial charge in [0.15, 0.2) is 5.78 Å². The third-order valence-electron chi connectivity index (χ3n) is 2.63. The van der Waals surface area contributed by atoms with Crippen molar-refractivity contribution in [1.82, 2.24) is 0 Å². The van der Waals surface area contributed by atoms with E-state index in [4.69, 9.17) is 0 Å². The second-order valence-electron chi connectivity index (χ2n) is 4.13. The van der Waals surface area contributed by atoms with Crippen LogP contribution in [-0.2, 0) is 14.3 Å². The first-order chi connectivity index (χ1) is 7.07. The van der Waals surface area contributed by atoms with Crippen LogP contribution >= 0.6 is 0 Å². The molecule has 1 aromatic rings. The topological polar surface area (TPSA) is 34.1 Å². The average molecular weight is 222 g/mol. The lowest BCUT2D eigenvalue weighted by molar-refractivity contribution is -0.112. The molecule has 0 aromatic heterocycles. The number of benzene rings is 1. The van der Waals surface area contributed by atoms with E-state index in [0.717, 1.165) is 5.56 Å². The van der Waals surface area contributed by atoms with Crippen molar-refractivity contribution in [2.75, 3.05) is 12.0 Å². The molecule has 2 rings (SSSR count). The number of rotatable bonds is 1. The van der Waals surface area contributed by atoms with Gasteiger partial charge in [-0.15, -0.1) is 0 Å². The highest BCUT2D eigenvalue weighted by Gasteiger charge is 2.23. The normalized spacial score (nSPS) is 31.0. The molecule has 0 spiro atoms. The molecule has 2 nitrogen and oxygen atoms in total. The molecule has 0 amide bonds. The van der Waals surface area contributed by atoms with E-state index in [1.54, 1.807) is 6.26 Å². The Balaban J connectivity index is 2.32. The van der Waals surface area contributed by atoms with Gasteiger partial charge in [-0.2, -0.15) is 0 Å². The maximum atomic E-state index is 11.9. The van der Waals surface area contributed by atoms with Gasteiger partial charge in [-0.3, -0.25) is 9.00 Å². The van der Waals surface area contributed by atoms with Gasteiger partial charge in [0.25, 0.3) is 0 Å². The first-order valence-corrected chi connectivity index (χ1v) is 7.16. The summed E-state index contributed by atoms with van der Waals surface area (Å²) in [7, 11) is -2.05. The molecule has 0 aliphatic carbocycles. The monoisotopic (exact) mass is 222 g/mol. The summed E-state index contributed by atoms with van der Waals surface area (Å²) < 4.78 is 11.9. The molecule has 0 radical (unpaired) electrons. The Morgan fingerprint density at radius 3 is 2.53 bits per heavy atom. The van der Waals surface area contributed by atoms with Gasteiger partial charge in [-0.25, -0.2) is 0 Å². The lowest BCUT2D eigenvalue weighted by atomic mass is 9.96. The molecule has 2 atom stereocenters. The molecule has 0 N–H and O–H groups in total. The molecule has 1 unspecified atom stereocenters. The predicted molar refractivity (Wildman–Crippen MR) is 63.8 cm³/mol. The highest BCUT2D eigenvalue weighted by atomic mass is 32.2. The SMILES string of the molecule is CS1(=O)=CC(=O)C[C@@H](c2ccccc2)C1. The maximum absolute atomic E-state index is 11.9. The van der Waals surface area contributed by atoms with Crippen molar-refractivity contribution in [2.45, 2.75) is 12.3 Å². The fraction of sp³-hybridized carbons (Fsp3) is 0.333. The van der Waals surface area contributed by atoms with Crippen molar-refractivity contribution in [3.05, 3.63) is 35.9 Å². The van der Waals surface area contributed by atoms with Crippen molar-refractivity contribution >= 4 is 20.7 Å². The molecular formula is C12H14O2S. The molecule has 3 heteroatoms. The Hall–Kier alpha value is -1.09. The van der Waals surface area contributed by atoms with Crippen LogP contribution in [0.1, 0.15) is 17.9 Å². The van der Waals surface area contributed by atoms with Crippen LogP contribution in [0.2, 0.25) is 0 Å². The molecule has 0 bridgehead atoms. The van der Waals surface area contributed by atoms with Crippen LogP contribution in [0.15, 0.2) is 30.3 Å². The fourth-order valence-electron chi connectivity index (χ4n) is 2.01. The van der Waals surface area contributed by atoms with Crippen molar-refractivity contribution in [3.63, 3.8) is 0 Å². The molecule has 1 aliphatic heterocycles. The van der Waals surface area contributed by atoms with Gasteiger partial charge in [-0.1, -0.05) is 30.3 Å². The molecule has 0 saturated carbocycles. The summed E-state index contributed by atoms with van der Waals surface area (Å²) in [5.74, 6) is 0.742. The first kappa shape index (κ1) is 10.4. The zero-order chi connectivity index (χ0) is 10.9. The van der Waals surface area contributed by atoms with Crippen LogP contribution in [0, 0.1) is 0 Å². The number of carbonyl (C=O) groups excluding carboxylic acids is 1. The zero-order valence-electron chi connectivity index (χ0n) is 8.68. The van der Waals surface area contributed by atoms with Crippen molar-refractivity contribution in [1.29, 1.82) is 0 Å². The van der Waals surface area contributed by atoms with E-state index in [2.05, 4.69) is 0 Å². The van der Waals surface area contributed by atoms with Gasteiger partial charge < -0.3 is 0 Å². The third-order valence-corrected chi connectivity index (χ3v) is 4.46.